The fraction of sp³-hybridized carbons (Fsp3) is 0.240. The van der Waals surface area contributed by atoms with Crippen molar-refractivity contribution in [1.82, 2.24) is 4.90 Å². The summed E-state index contributed by atoms with van der Waals surface area (Å²) in [6.45, 7) is 3.09. The molecule has 0 saturated heterocycles. The Labute approximate surface area is 199 Å². The third-order valence-corrected chi connectivity index (χ3v) is 7.64. The lowest BCUT2D eigenvalue weighted by Gasteiger charge is -2.32. The van der Waals surface area contributed by atoms with E-state index in [2.05, 4.69) is 6.07 Å². The van der Waals surface area contributed by atoms with E-state index < -0.39 is 10.0 Å². The summed E-state index contributed by atoms with van der Waals surface area (Å²) in [6.07, 6.45) is 0.745. The zero-order chi connectivity index (χ0) is 23.4. The molecule has 0 radical (unpaired) electrons. The zero-order valence-electron chi connectivity index (χ0n) is 18.3. The van der Waals surface area contributed by atoms with Gasteiger partial charge < -0.3 is 9.64 Å². The number of carbonyl (C=O) groups excluding carboxylic acids is 1. The second-order valence-corrected chi connectivity index (χ2v) is 10.0. The third-order valence-electron chi connectivity index (χ3n) is 5.60. The first-order chi connectivity index (χ1) is 15.9. The predicted molar refractivity (Wildman–Crippen MR) is 129 cm³/mol. The highest BCUT2D eigenvalue weighted by Crippen LogP contribution is 2.27. The van der Waals surface area contributed by atoms with Gasteiger partial charge in [0.2, 0.25) is 5.91 Å². The summed E-state index contributed by atoms with van der Waals surface area (Å²) in [5.41, 5.74) is 2.70. The molecule has 8 heteroatoms. The number of fused-ring (bicyclic) bond motifs is 1. The first kappa shape index (κ1) is 23.1. The van der Waals surface area contributed by atoms with Gasteiger partial charge >= 0.3 is 0 Å². The molecular weight excluding hydrogens is 460 g/mol. The van der Waals surface area contributed by atoms with E-state index in [4.69, 9.17) is 16.3 Å². The molecule has 1 aliphatic heterocycles. The van der Waals surface area contributed by atoms with Gasteiger partial charge in [0.05, 0.1) is 17.2 Å². The van der Waals surface area contributed by atoms with Crippen LogP contribution < -0.4 is 9.04 Å². The van der Waals surface area contributed by atoms with Gasteiger partial charge in [-0.25, -0.2) is 8.42 Å². The van der Waals surface area contributed by atoms with E-state index in [9.17, 15) is 13.2 Å². The Hall–Kier alpha value is -3.03. The Kier molecular flexibility index (Phi) is 6.91. The number of anilines is 1. The molecule has 4 rings (SSSR count). The first-order valence-corrected chi connectivity index (χ1v) is 12.6. The van der Waals surface area contributed by atoms with Crippen LogP contribution in [0.3, 0.4) is 0 Å². The molecule has 0 aromatic heterocycles. The van der Waals surface area contributed by atoms with Crippen LogP contribution >= 0.6 is 11.6 Å². The van der Waals surface area contributed by atoms with E-state index in [-0.39, 0.29) is 17.3 Å². The molecule has 3 aromatic carbocycles. The summed E-state index contributed by atoms with van der Waals surface area (Å²) >= 11 is 5.95. The van der Waals surface area contributed by atoms with Gasteiger partial charge in [-0.3, -0.25) is 9.10 Å². The lowest BCUT2D eigenvalue weighted by atomic mass is 10.00. The second-order valence-electron chi connectivity index (χ2n) is 7.73. The number of amides is 1. The molecular formula is C25H25ClN2O4S. The van der Waals surface area contributed by atoms with E-state index >= 15 is 0 Å². The van der Waals surface area contributed by atoms with E-state index in [1.54, 1.807) is 29.2 Å². The Bertz CT molecular complexity index is 1230. The molecule has 0 aliphatic carbocycles. The van der Waals surface area contributed by atoms with Crippen molar-refractivity contribution < 1.29 is 17.9 Å². The Morgan fingerprint density at radius 2 is 1.67 bits per heavy atom. The number of sulfonamides is 1. The fourth-order valence-corrected chi connectivity index (χ4v) is 5.40. The van der Waals surface area contributed by atoms with Crippen LogP contribution in [0.1, 0.15) is 18.1 Å². The van der Waals surface area contributed by atoms with Gasteiger partial charge in [0.15, 0.2) is 0 Å². The van der Waals surface area contributed by atoms with Crippen LogP contribution in [0.15, 0.2) is 77.7 Å². The van der Waals surface area contributed by atoms with Crippen molar-refractivity contribution in [2.75, 3.05) is 24.0 Å². The molecule has 0 unspecified atom stereocenters. The van der Waals surface area contributed by atoms with Crippen molar-refractivity contribution in [2.45, 2.75) is 24.8 Å². The monoisotopic (exact) mass is 484 g/mol. The predicted octanol–water partition coefficient (Wildman–Crippen LogP) is 4.52. The summed E-state index contributed by atoms with van der Waals surface area (Å²) in [5.74, 6) is 0.375. The number of halogens is 1. The molecule has 0 atom stereocenters. The van der Waals surface area contributed by atoms with Gasteiger partial charge in [0, 0.05) is 18.1 Å². The Morgan fingerprint density at radius 1 is 1.00 bits per heavy atom. The summed E-state index contributed by atoms with van der Waals surface area (Å²) in [4.78, 5) is 15.0. The normalized spacial score (nSPS) is 13.3. The van der Waals surface area contributed by atoms with Crippen LogP contribution in [-0.4, -0.2) is 38.9 Å². The second kappa shape index (κ2) is 9.85. The Balaban J connectivity index is 1.64. The first-order valence-electron chi connectivity index (χ1n) is 10.7. The van der Waals surface area contributed by atoms with Crippen molar-refractivity contribution in [3.05, 3.63) is 88.9 Å². The number of benzene rings is 3. The number of hydrogen-bond donors (Lipinski definition) is 0. The SMILES string of the molecule is CCOc1ccc(N(CC(=O)N2CCc3ccccc3C2)S(=O)(=O)c2ccc(Cl)cc2)cc1. The van der Waals surface area contributed by atoms with E-state index in [1.807, 2.05) is 25.1 Å². The molecule has 0 saturated carbocycles. The van der Waals surface area contributed by atoms with Gasteiger partial charge in [-0.05, 0) is 73.0 Å². The molecule has 6 nitrogen and oxygen atoms in total. The van der Waals surface area contributed by atoms with Crippen molar-refractivity contribution in [2.24, 2.45) is 0 Å². The lowest BCUT2D eigenvalue weighted by molar-refractivity contribution is -0.130. The maximum Gasteiger partial charge on any atom is 0.264 e. The summed E-state index contributed by atoms with van der Waals surface area (Å²) in [5, 5.41) is 0.435. The highest BCUT2D eigenvalue weighted by atomic mass is 35.5. The average Bonchev–Trinajstić information content (AvgIpc) is 2.83. The standard InChI is InChI=1S/C25H25ClN2O4S/c1-2-32-23-11-9-22(10-12-23)28(33(30,31)24-13-7-21(26)8-14-24)18-25(29)27-16-15-19-5-3-4-6-20(19)17-27/h3-14H,2,15-18H2,1H3. The minimum absolute atomic E-state index is 0.0672. The summed E-state index contributed by atoms with van der Waals surface area (Å²) < 4.78 is 33.7. The van der Waals surface area contributed by atoms with Crippen LogP contribution in [-0.2, 0) is 27.8 Å². The largest absolute Gasteiger partial charge is 0.494 e. The molecule has 172 valence electrons. The molecule has 0 spiro atoms. The molecule has 33 heavy (non-hydrogen) atoms. The topological polar surface area (TPSA) is 66.9 Å². The highest BCUT2D eigenvalue weighted by Gasteiger charge is 2.30. The van der Waals surface area contributed by atoms with Crippen molar-refractivity contribution in [1.29, 1.82) is 0 Å². The third kappa shape index (κ3) is 5.15. The molecule has 1 heterocycles. The van der Waals surface area contributed by atoms with Crippen molar-refractivity contribution >= 4 is 33.2 Å². The Morgan fingerprint density at radius 3 is 2.33 bits per heavy atom. The number of nitrogens with zero attached hydrogens (tertiary/aromatic N) is 2. The molecule has 1 aliphatic rings. The van der Waals surface area contributed by atoms with E-state index in [1.165, 1.54) is 29.8 Å². The van der Waals surface area contributed by atoms with Gasteiger partial charge in [0.25, 0.3) is 10.0 Å². The maximum absolute atomic E-state index is 13.6. The minimum Gasteiger partial charge on any atom is -0.494 e. The van der Waals surface area contributed by atoms with Crippen LogP contribution in [0, 0.1) is 0 Å². The molecule has 0 bridgehead atoms. The number of rotatable bonds is 7. The molecule has 1 amide bonds. The summed E-state index contributed by atoms with van der Waals surface area (Å²) in [7, 11) is -4.00. The summed E-state index contributed by atoms with van der Waals surface area (Å²) in [6, 6.07) is 20.6. The molecule has 0 fully saturated rings. The quantitative estimate of drug-likeness (QED) is 0.494. The lowest BCUT2D eigenvalue weighted by Crippen LogP contribution is -2.44. The van der Waals surface area contributed by atoms with Crippen LogP contribution in [0.25, 0.3) is 0 Å². The average molecular weight is 485 g/mol. The zero-order valence-corrected chi connectivity index (χ0v) is 19.8. The van der Waals surface area contributed by atoms with Crippen molar-refractivity contribution in [3.63, 3.8) is 0 Å². The fourth-order valence-electron chi connectivity index (χ4n) is 3.86. The maximum atomic E-state index is 13.6. The number of carbonyl (C=O) groups is 1. The smallest absolute Gasteiger partial charge is 0.264 e. The van der Waals surface area contributed by atoms with E-state index in [0.29, 0.717) is 36.2 Å². The van der Waals surface area contributed by atoms with E-state index in [0.717, 1.165) is 16.3 Å². The van der Waals surface area contributed by atoms with Crippen LogP contribution in [0.2, 0.25) is 5.02 Å². The van der Waals surface area contributed by atoms with Crippen LogP contribution in [0.5, 0.6) is 5.75 Å². The highest BCUT2D eigenvalue weighted by molar-refractivity contribution is 7.92. The van der Waals surface area contributed by atoms with Gasteiger partial charge in [-0.15, -0.1) is 0 Å². The minimum atomic E-state index is -4.00. The number of hydrogen-bond acceptors (Lipinski definition) is 4. The molecule has 3 aromatic rings. The van der Waals surface area contributed by atoms with Gasteiger partial charge in [-0.2, -0.15) is 0 Å². The van der Waals surface area contributed by atoms with Crippen LogP contribution in [0.4, 0.5) is 5.69 Å². The van der Waals surface area contributed by atoms with Gasteiger partial charge in [0.1, 0.15) is 12.3 Å². The number of ether oxygens (including phenoxy) is 1. The van der Waals surface area contributed by atoms with Gasteiger partial charge in [-0.1, -0.05) is 35.9 Å². The van der Waals surface area contributed by atoms with Crippen molar-refractivity contribution in [3.8, 4) is 5.75 Å². The molecule has 0 N–H and O–H groups in total.